The number of aromatic nitrogens is 1. The van der Waals surface area contributed by atoms with E-state index in [4.69, 9.17) is 4.74 Å². The fourth-order valence-corrected chi connectivity index (χ4v) is 2.02. The Balaban J connectivity index is 2.40. The Morgan fingerprint density at radius 2 is 2.19 bits per heavy atom. The second kappa shape index (κ2) is 6.49. The molecule has 1 aromatic carbocycles. The van der Waals surface area contributed by atoms with E-state index >= 15 is 0 Å². The quantitative estimate of drug-likeness (QED) is 0.644. The SMILES string of the molecule is CCNc1ccc([N+](=O)[O-])c(Oc2ccc(F)cc2Br)n1. The van der Waals surface area contributed by atoms with Gasteiger partial charge in [0.25, 0.3) is 0 Å². The lowest BCUT2D eigenvalue weighted by molar-refractivity contribution is -0.386. The van der Waals surface area contributed by atoms with Crippen LogP contribution in [0.4, 0.5) is 15.9 Å². The van der Waals surface area contributed by atoms with Gasteiger partial charge in [-0.25, -0.2) is 4.39 Å². The van der Waals surface area contributed by atoms with Crippen molar-refractivity contribution >= 4 is 27.4 Å². The Labute approximate surface area is 128 Å². The summed E-state index contributed by atoms with van der Waals surface area (Å²) in [6.45, 7) is 2.49. The van der Waals surface area contributed by atoms with Gasteiger partial charge in [0.05, 0.1) is 9.40 Å². The maximum atomic E-state index is 13.0. The van der Waals surface area contributed by atoms with Crippen molar-refractivity contribution in [2.75, 3.05) is 11.9 Å². The van der Waals surface area contributed by atoms with Crippen LogP contribution >= 0.6 is 15.9 Å². The van der Waals surface area contributed by atoms with Gasteiger partial charge in [-0.1, -0.05) is 0 Å². The van der Waals surface area contributed by atoms with E-state index in [2.05, 4.69) is 26.2 Å². The van der Waals surface area contributed by atoms with Crippen LogP contribution in [-0.4, -0.2) is 16.5 Å². The largest absolute Gasteiger partial charge is 0.432 e. The van der Waals surface area contributed by atoms with Crippen LogP contribution in [0.2, 0.25) is 0 Å². The number of ether oxygens (including phenoxy) is 1. The summed E-state index contributed by atoms with van der Waals surface area (Å²) in [6.07, 6.45) is 0. The second-order valence-corrected chi connectivity index (χ2v) is 4.84. The Hall–Kier alpha value is -2.22. The third-order valence-corrected chi connectivity index (χ3v) is 3.12. The number of rotatable bonds is 5. The van der Waals surface area contributed by atoms with Crippen molar-refractivity contribution in [1.82, 2.24) is 4.98 Å². The van der Waals surface area contributed by atoms with Gasteiger partial charge in [-0.2, -0.15) is 4.98 Å². The molecule has 0 radical (unpaired) electrons. The number of hydrogen-bond donors (Lipinski definition) is 1. The van der Waals surface area contributed by atoms with Crippen molar-refractivity contribution in [1.29, 1.82) is 0 Å². The van der Waals surface area contributed by atoms with Gasteiger partial charge in [0.15, 0.2) is 0 Å². The van der Waals surface area contributed by atoms with Gasteiger partial charge in [-0.3, -0.25) is 10.1 Å². The Morgan fingerprint density at radius 1 is 1.43 bits per heavy atom. The van der Waals surface area contributed by atoms with Crippen molar-refractivity contribution in [2.24, 2.45) is 0 Å². The third kappa shape index (κ3) is 3.66. The second-order valence-electron chi connectivity index (χ2n) is 3.99. The van der Waals surface area contributed by atoms with Crippen LogP contribution in [0.5, 0.6) is 11.6 Å². The smallest absolute Gasteiger partial charge is 0.331 e. The average molecular weight is 356 g/mol. The number of halogens is 2. The molecule has 2 aromatic rings. The summed E-state index contributed by atoms with van der Waals surface area (Å²) in [6, 6.07) is 6.56. The number of hydrogen-bond acceptors (Lipinski definition) is 5. The molecule has 8 heteroatoms. The summed E-state index contributed by atoms with van der Waals surface area (Å²) < 4.78 is 18.8. The van der Waals surface area contributed by atoms with Crippen molar-refractivity contribution in [3.8, 4) is 11.6 Å². The highest BCUT2D eigenvalue weighted by Crippen LogP contribution is 2.34. The molecule has 0 amide bonds. The Morgan fingerprint density at radius 3 is 2.81 bits per heavy atom. The minimum Gasteiger partial charge on any atom is -0.432 e. The molecule has 0 aliphatic carbocycles. The van der Waals surface area contributed by atoms with Gasteiger partial charge in [0.2, 0.25) is 0 Å². The lowest BCUT2D eigenvalue weighted by Gasteiger charge is -2.09. The molecule has 6 nitrogen and oxygen atoms in total. The van der Waals surface area contributed by atoms with Crippen LogP contribution in [0.25, 0.3) is 0 Å². The van der Waals surface area contributed by atoms with E-state index in [0.717, 1.165) is 0 Å². The number of anilines is 1. The van der Waals surface area contributed by atoms with Crippen LogP contribution in [0.3, 0.4) is 0 Å². The monoisotopic (exact) mass is 355 g/mol. The summed E-state index contributed by atoms with van der Waals surface area (Å²) >= 11 is 3.14. The predicted molar refractivity (Wildman–Crippen MR) is 79.2 cm³/mol. The third-order valence-electron chi connectivity index (χ3n) is 2.50. The number of benzene rings is 1. The van der Waals surface area contributed by atoms with Crippen molar-refractivity contribution < 1.29 is 14.1 Å². The van der Waals surface area contributed by atoms with E-state index in [1.807, 2.05) is 6.92 Å². The highest BCUT2D eigenvalue weighted by Gasteiger charge is 2.19. The first kappa shape index (κ1) is 15.2. The summed E-state index contributed by atoms with van der Waals surface area (Å²) in [4.78, 5) is 14.5. The Kier molecular flexibility index (Phi) is 4.69. The standard InChI is InChI=1S/C13H11BrFN3O3/c1-2-16-12-6-4-10(18(19)20)13(17-12)21-11-5-3-8(15)7-9(11)14/h3-7H,2H2,1H3,(H,16,17). The zero-order valence-corrected chi connectivity index (χ0v) is 12.6. The molecule has 0 unspecified atom stereocenters. The summed E-state index contributed by atoms with van der Waals surface area (Å²) in [5, 5.41) is 14.0. The number of pyridine rings is 1. The molecule has 0 spiro atoms. The normalized spacial score (nSPS) is 10.2. The lowest BCUT2D eigenvalue weighted by Crippen LogP contribution is -2.02. The van der Waals surface area contributed by atoms with Gasteiger partial charge in [0, 0.05) is 12.6 Å². The molecule has 110 valence electrons. The fraction of sp³-hybridized carbons (Fsp3) is 0.154. The molecular formula is C13H11BrFN3O3. The number of nitro groups is 1. The summed E-state index contributed by atoms with van der Waals surface area (Å²) in [5.41, 5.74) is -0.270. The maximum Gasteiger partial charge on any atom is 0.331 e. The summed E-state index contributed by atoms with van der Waals surface area (Å²) in [5.74, 6) is 0.0841. The van der Waals surface area contributed by atoms with Gasteiger partial charge in [-0.15, -0.1) is 0 Å². The fourth-order valence-electron chi connectivity index (χ4n) is 1.59. The molecule has 2 rings (SSSR count). The molecule has 0 saturated heterocycles. The molecular weight excluding hydrogens is 345 g/mol. The molecule has 0 fully saturated rings. The molecule has 0 aliphatic rings. The van der Waals surface area contributed by atoms with Crippen LogP contribution in [-0.2, 0) is 0 Å². The van der Waals surface area contributed by atoms with Crippen molar-refractivity contribution in [3.63, 3.8) is 0 Å². The molecule has 0 bridgehead atoms. The van der Waals surface area contributed by atoms with E-state index in [9.17, 15) is 14.5 Å². The molecule has 21 heavy (non-hydrogen) atoms. The van der Waals surface area contributed by atoms with E-state index in [-0.39, 0.29) is 17.3 Å². The number of nitrogens with one attached hydrogen (secondary N) is 1. The molecule has 1 N–H and O–H groups in total. The van der Waals surface area contributed by atoms with Gasteiger partial charge < -0.3 is 10.1 Å². The highest BCUT2D eigenvalue weighted by molar-refractivity contribution is 9.10. The minimum atomic E-state index is -0.588. The van der Waals surface area contributed by atoms with Crippen LogP contribution in [0.1, 0.15) is 6.92 Å². The predicted octanol–water partition coefficient (Wildman–Crippen LogP) is 4.12. The molecule has 1 aromatic heterocycles. The first-order chi connectivity index (χ1) is 10.0. The first-order valence-corrected chi connectivity index (χ1v) is 6.82. The van der Waals surface area contributed by atoms with Crippen molar-refractivity contribution in [2.45, 2.75) is 6.92 Å². The van der Waals surface area contributed by atoms with Gasteiger partial charge in [0.1, 0.15) is 17.4 Å². The van der Waals surface area contributed by atoms with Crippen LogP contribution in [0, 0.1) is 15.9 Å². The van der Waals surface area contributed by atoms with E-state index < -0.39 is 10.7 Å². The van der Waals surface area contributed by atoms with Crippen molar-refractivity contribution in [3.05, 3.63) is 50.7 Å². The van der Waals surface area contributed by atoms with E-state index in [1.165, 1.54) is 30.3 Å². The molecule has 0 aliphatic heterocycles. The molecule has 0 saturated carbocycles. The van der Waals surface area contributed by atoms with Gasteiger partial charge >= 0.3 is 11.6 Å². The van der Waals surface area contributed by atoms with Crippen LogP contribution in [0.15, 0.2) is 34.8 Å². The lowest BCUT2D eigenvalue weighted by atomic mass is 10.3. The van der Waals surface area contributed by atoms with Gasteiger partial charge in [-0.05, 0) is 47.1 Å². The topological polar surface area (TPSA) is 77.3 Å². The molecule has 1 heterocycles. The molecule has 0 atom stereocenters. The maximum absolute atomic E-state index is 13.0. The highest BCUT2D eigenvalue weighted by atomic mass is 79.9. The zero-order valence-electron chi connectivity index (χ0n) is 11.0. The van der Waals surface area contributed by atoms with E-state index in [0.29, 0.717) is 16.8 Å². The summed E-state index contributed by atoms with van der Waals surface area (Å²) in [7, 11) is 0. The number of nitrogens with zero attached hydrogens (tertiary/aromatic N) is 2. The minimum absolute atomic E-state index is 0.161. The average Bonchev–Trinajstić information content (AvgIpc) is 2.42. The Bertz CT molecular complexity index is 682. The van der Waals surface area contributed by atoms with E-state index in [1.54, 1.807) is 0 Å². The zero-order chi connectivity index (χ0) is 15.4. The first-order valence-electron chi connectivity index (χ1n) is 6.03. The van der Waals surface area contributed by atoms with Crippen LogP contribution < -0.4 is 10.1 Å².